The van der Waals surface area contributed by atoms with E-state index in [1.54, 1.807) is 11.8 Å². The molecule has 1 atom stereocenters. The average Bonchev–Trinajstić information content (AvgIpc) is 2.87. The van der Waals surface area contributed by atoms with Crippen LogP contribution in [0.5, 0.6) is 5.75 Å². The molecule has 1 aliphatic rings. The molecule has 0 aliphatic carbocycles. The zero-order valence-electron chi connectivity index (χ0n) is 19.0. The first kappa shape index (κ1) is 23.1. The number of urea groups is 1. The van der Waals surface area contributed by atoms with Gasteiger partial charge in [0.25, 0.3) is 5.91 Å². The van der Waals surface area contributed by atoms with Gasteiger partial charge in [-0.2, -0.15) is 0 Å². The predicted octanol–water partition coefficient (Wildman–Crippen LogP) is 3.70. The van der Waals surface area contributed by atoms with E-state index in [9.17, 15) is 14.4 Å². The summed E-state index contributed by atoms with van der Waals surface area (Å²) in [6.45, 7) is 2.55. The second-order valence-corrected chi connectivity index (χ2v) is 8.31. The van der Waals surface area contributed by atoms with Gasteiger partial charge in [0.05, 0.1) is 0 Å². The van der Waals surface area contributed by atoms with Gasteiger partial charge in [0, 0.05) is 24.7 Å². The van der Waals surface area contributed by atoms with E-state index >= 15 is 0 Å². The summed E-state index contributed by atoms with van der Waals surface area (Å²) in [6, 6.07) is 22.6. The fourth-order valence-corrected chi connectivity index (χ4v) is 3.89. The van der Waals surface area contributed by atoms with Gasteiger partial charge in [-0.15, -0.1) is 0 Å². The minimum atomic E-state index is -0.787. The third kappa shape index (κ3) is 5.83. The van der Waals surface area contributed by atoms with Gasteiger partial charge in [-0.1, -0.05) is 48.5 Å². The lowest BCUT2D eigenvalue weighted by molar-refractivity contribution is -0.134. The zero-order valence-corrected chi connectivity index (χ0v) is 19.0. The van der Waals surface area contributed by atoms with Crippen LogP contribution in [0.4, 0.5) is 10.5 Å². The molecule has 1 heterocycles. The molecule has 176 valence electrons. The summed E-state index contributed by atoms with van der Waals surface area (Å²) in [5.41, 5.74) is 5.67. The molecule has 3 N–H and O–H groups in total. The van der Waals surface area contributed by atoms with Crippen molar-refractivity contribution in [3.05, 3.63) is 72.8 Å². The molecule has 0 aromatic heterocycles. The summed E-state index contributed by atoms with van der Waals surface area (Å²) in [7, 11) is 0. The van der Waals surface area contributed by atoms with Crippen molar-refractivity contribution >= 4 is 34.3 Å². The Morgan fingerprint density at radius 2 is 1.56 bits per heavy atom. The van der Waals surface area contributed by atoms with Crippen LogP contribution >= 0.6 is 0 Å². The van der Waals surface area contributed by atoms with Gasteiger partial charge < -0.3 is 15.0 Å². The standard InChI is InChI=1S/C26H28N4O4/c1-18(34-23-12-11-19-7-5-6-8-21(19)17-23)24(31)28-29-25(32)20-13-15-30(16-14-20)26(33)27-22-9-3-2-4-10-22/h2-12,17-18,20H,13-16H2,1H3,(H,27,33)(H,28,31)(H,29,32). The molecule has 3 aromatic rings. The molecule has 1 saturated heterocycles. The topological polar surface area (TPSA) is 99.8 Å². The van der Waals surface area contributed by atoms with Crippen molar-refractivity contribution in [2.24, 2.45) is 5.92 Å². The zero-order chi connectivity index (χ0) is 23.9. The number of fused-ring (bicyclic) bond motifs is 1. The van der Waals surface area contributed by atoms with Crippen LogP contribution in [0, 0.1) is 5.92 Å². The summed E-state index contributed by atoms with van der Waals surface area (Å²) < 4.78 is 5.74. The number of nitrogens with one attached hydrogen (secondary N) is 3. The highest BCUT2D eigenvalue weighted by Gasteiger charge is 2.28. The number of hydrogen-bond acceptors (Lipinski definition) is 4. The second kappa shape index (κ2) is 10.7. The number of piperidine rings is 1. The van der Waals surface area contributed by atoms with E-state index in [2.05, 4.69) is 16.2 Å². The molecule has 0 radical (unpaired) electrons. The molecule has 1 fully saturated rings. The van der Waals surface area contributed by atoms with E-state index in [0.717, 1.165) is 16.5 Å². The monoisotopic (exact) mass is 460 g/mol. The van der Waals surface area contributed by atoms with Crippen molar-refractivity contribution in [2.45, 2.75) is 25.9 Å². The number of carbonyl (C=O) groups excluding carboxylic acids is 3. The third-order valence-corrected chi connectivity index (χ3v) is 5.89. The Hall–Kier alpha value is -4.07. The molecule has 0 saturated carbocycles. The predicted molar refractivity (Wildman–Crippen MR) is 130 cm³/mol. The average molecular weight is 461 g/mol. The van der Waals surface area contributed by atoms with E-state index in [1.165, 1.54) is 0 Å². The quantitative estimate of drug-likeness (QED) is 0.506. The number of likely N-dealkylation sites (tertiary alicyclic amines) is 1. The van der Waals surface area contributed by atoms with Crippen LogP contribution in [-0.4, -0.2) is 41.9 Å². The SMILES string of the molecule is CC(Oc1ccc2ccccc2c1)C(=O)NNC(=O)C1CCN(C(=O)Nc2ccccc2)CC1. The van der Waals surface area contributed by atoms with Crippen LogP contribution in [0.25, 0.3) is 10.8 Å². The molecule has 8 nitrogen and oxygen atoms in total. The molecule has 4 rings (SSSR count). The Kier molecular flexibility index (Phi) is 7.27. The highest BCUT2D eigenvalue weighted by Crippen LogP contribution is 2.22. The van der Waals surface area contributed by atoms with E-state index in [-0.39, 0.29) is 17.9 Å². The lowest BCUT2D eigenvalue weighted by atomic mass is 9.96. The summed E-state index contributed by atoms with van der Waals surface area (Å²) in [5.74, 6) is -0.415. The lowest BCUT2D eigenvalue weighted by Gasteiger charge is -2.31. The van der Waals surface area contributed by atoms with E-state index in [4.69, 9.17) is 4.74 Å². The van der Waals surface area contributed by atoms with Gasteiger partial charge in [0.1, 0.15) is 5.75 Å². The maximum atomic E-state index is 12.5. The largest absolute Gasteiger partial charge is 0.481 e. The van der Waals surface area contributed by atoms with Crippen LogP contribution in [0.1, 0.15) is 19.8 Å². The molecule has 3 aromatic carbocycles. The number of hydrogen-bond donors (Lipinski definition) is 3. The van der Waals surface area contributed by atoms with Gasteiger partial charge in [0.2, 0.25) is 5.91 Å². The number of carbonyl (C=O) groups is 3. The van der Waals surface area contributed by atoms with Crippen molar-refractivity contribution in [3.63, 3.8) is 0 Å². The molecule has 0 bridgehead atoms. The summed E-state index contributed by atoms with van der Waals surface area (Å²) in [5, 5.41) is 4.96. The first-order valence-corrected chi connectivity index (χ1v) is 11.4. The Labute approximate surface area is 198 Å². The molecule has 34 heavy (non-hydrogen) atoms. The molecular formula is C26H28N4O4. The highest BCUT2D eigenvalue weighted by molar-refractivity contribution is 5.90. The molecule has 1 unspecified atom stereocenters. The van der Waals surface area contributed by atoms with Crippen molar-refractivity contribution in [1.29, 1.82) is 0 Å². The first-order valence-electron chi connectivity index (χ1n) is 11.4. The number of amides is 4. The van der Waals surface area contributed by atoms with Crippen LogP contribution in [0.3, 0.4) is 0 Å². The van der Waals surface area contributed by atoms with Crippen LogP contribution in [-0.2, 0) is 9.59 Å². The van der Waals surface area contributed by atoms with E-state index in [0.29, 0.717) is 31.7 Å². The fourth-order valence-electron chi connectivity index (χ4n) is 3.89. The Bertz CT molecular complexity index is 1160. The fraction of sp³-hybridized carbons (Fsp3) is 0.269. The van der Waals surface area contributed by atoms with Crippen molar-refractivity contribution < 1.29 is 19.1 Å². The van der Waals surface area contributed by atoms with Crippen molar-refractivity contribution in [3.8, 4) is 5.75 Å². The minimum Gasteiger partial charge on any atom is -0.481 e. The van der Waals surface area contributed by atoms with Crippen molar-refractivity contribution in [2.75, 3.05) is 18.4 Å². The smallest absolute Gasteiger partial charge is 0.321 e. The Morgan fingerprint density at radius 3 is 2.29 bits per heavy atom. The van der Waals surface area contributed by atoms with Gasteiger partial charge in [0.15, 0.2) is 6.10 Å². The third-order valence-electron chi connectivity index (χ3n) is 5.89. The minimum absolute atomic E-state index is 0.182. The van der Waals surface area contributed by atoms with Gasteiger partial charge >= 0.3 is 6.03 Å². The molecule has 1 aliphatic heterocycles. The Morgan fingerprint density at radius 1 is 0.882 bits per heavy atom. The number of benzene rings is 3. The number of anilines is 1. The van der Waals surface area contributed by atoms with Gasteiger partial charge in [-0.25, -0.2) is 4.79 Å². The summed E-state index contributed by atoms with van der Waals surface area (Å²) >= 11 is 0. The van der Waals surface area contributed by atoms with E-state index in [1.807, 2.05) is 72.8 Å². The van der Waals surface area contributed by atoms with Crippen LogP contribution < -0.4 is 20.9 Å². The number of rotatable bonds is 5. The number of hydrazine groups is 1. The summed E-state index contributed by atoms with van der Waals surface area (Å²) in [6.07, 6.45) is 0.255. The molecule has 0 spiro atoms. The number of para-hydroxylation sites is 1. The maximum Gasteiger partial charge on any atom is 0.321 e. The lowest BCUT2D eigenvalue weighted by Crippen LogP contribution is -2.51. The molecule has 4 amide bonds. The van der Waals surface area contributed by atoms with Gasteiger partial charge in [-0.05, 0) is 54.8 Å². The van der Waals surface area contributed by atoms with Gasteiger partial charge in [-0.3, -0.25) is 20.4 Å². The highest BCUT2D eigenvalue weighted by atomic mass is 16.5. The maximum absolute atomic E-state index is 12.5. The van der Waals surface area contributed by atoms with Crippen molar-refractivity contribution in [1.82, 2.24) is 15.8 Å². The first-order chi connectivity index (χ1) is 16.5. The normalized spacial score (nSPS) is 14.8. The summed E-state index contributed by atoms with van der Waals surface area (Å²) in [4.78, 5) is 39.0. The number of ether oxygens (including phenoxy) is 1. The van der Waals surface area contributed by atoms with Crippen LogP contribution in [0.15, 0.2) is 72.8 Å². The second-order valence-electron chi connectivity index (χ2n) is 8.31. The Balaban J connectivity index is 1.20. The molecular weight excluding hydrogens is 432 g/mol. The van der Waals surface area contributed by atoms with E-state index < -0.39 is 12.0 Å². The van der Waals surface area contributed by atoms with Crippen LogP contribution in [0.2, 0.25) is 0 Å². The molecule has 8 heteroatoms. The number of nitrogens with zero attached hydrogens (tertiary/aromatic N) is 1.